The zero-order valence-electron chi connectivity index (χ0n) is 16.0. The van der Waals surface area contributed by atoms with Gasteiger partial charge in [-0.25, -0.2) is 4.79 Å². The predicted octanol–water partition coefficient (Wildman–Crippen LogP) is 3.44. The summed E-state index contributed by atoms with van der Waals surface area (Å²) in [5.41, 5.74) is 2.70. The van der Waals surface area contributed by atoms with E-state index < -0.39 is 5.41 Å². The molecule has 0 amide bonds. The van der Waals surface area contributed by atoms with Gasteiger partial charge in [-0.15, -0.1) is 0 Å². The lowest BCUT2D eigenvalue weighted by molar-refractivity contribution is 0.0535. The van der Waals surface area contributed by atoms with Gasteiger partial charge in [0, 0.05) is 16.5 Å². The van der Waals surface area contributed by atoms with Crippen LogP contribution in [0.25, 0.3) is 11.1 Å². The SMILES string of the molecule is COc1ccc(-c2ccc3c(c2)COC3=O)c(OCC(C)(C)CO)c1OC. The number of aliphatic hydroxyl groups excluding tert-OH is 1. The molecule has 0 bridgehead atoms. The highest BCUT2D eigenvalue weighted by atomic mass is 16.5. The van der Waals surface area contributed by atoms with Crippen molar-refractivity contribution in [2.45, 2.75) is 20.5 Å². The van der Waals surface area contributed by atoms with E-state index in [2.05, 4.69) is 0 Å². The van der Waals surface area contributed by atoms with Crippen LogP contribution in [0.15, 0.2) is 30.3 Å². The molecule has 2 aromatic carbocycles. The van der Waals surface area contributed by atoms with E-state index in [0.717, 1.165) is 16.7 Å². The molecule has 2 aromatic rings. The van der Waals surface area contributed by atoms with Gasteiger partial charge in [0.25, 0.3) is 0 Å². The van der Waals surface area contributed by atoms with Crippen LogP contribution < -0.4 is 14.2 Å². The van der Waals surface area contributed by atoms with E-state index >= 15 is 0 Å². The maximum Gasteiger partial charge on any atom is 0.338 e. The number of methoxy groups -OCH3 is 2. The zero-order valence-corrected chi connectivity index (χ0v) is 16.0. The monoisotopic (exact) mass is 372 g/mol. The first-order valence-electron chi connectivity index (χ1n) is 8.69. The second-order valence-corrected chi connectivity index (χ2v) is 7.24. The van der Waals surface area contributed by atoms with Crippen LogP contribution in [0.5, 0.6) is 17.2 Å². The van der Waals surface area contributed by atoms with Crippen molar-refractivity contribution >= 4 is 5.97 Å². The summed E-state index contributed by atoms with van der Waals surface area (Å²) in [5, 5.41) is 9.53. The molecule has 0 saturated heterocycles. The summed E-state index contributed by atoms with van der Waals surface area (Å²) >= 11 is 0. The van der Waals surface area contributed by atoms with Crippen LogP contribution in [0.1, 0.15) is 29.8 Å². The van der Waals surface area contributed by atoms with E-state index in [1.165, 1.54) is 0 Å². The lowest BCUT2D eigenvalue weighted by Crippen LogP contribution is -2.25. The number of esters is 1. The summed E-state index contributed by atoms with van der Waals surface area (Å²) in [4.78, 5) is 11.7. The first-order chi connectivity index (χ1) is 12.9. The Morgan fingerprint density at radius 3 is 2.48 bits per heavy atom. The second kappa shape index (κ2) is 7.48. The average molecular weight is 372 g/mol. The number of carbonyl (C=O) groups is 1. The summed E-state index contributed by atoms with van der Waals surface area (Å²) in [7, 11) is 3.12. The molecule has 0 fully saturated rings. The zero-order chi connectivity index (χ0) is 19.6. The van der Waals surface area contributed by atoms with Gasteiger partial charge in [0.1, 0.15) is 6.61 Å². The molecule has 27 heavy (non-hydrogen) atoms. The van der Waals surface area contributed by atoms with Crippen LogP contribution in [0.3, 0.4) is 0 Å². The summed E-state index contributed by atoms with van der Waals surface area (Å²) in [6, 6.07) is 9.25. The van der Waals surface area contributed by atoms with Crippen molar-refractivity contribution in [1.82, 2.24) is 0 Å². The Morgan fingerprint density at radius 1 is 1.07 bits per heavy atom. The molecule has 0 aliphatic carbocycles. The second-order valence-electron chi connectivity index (χ2n) is 7.24. The van der Waals surface area contributed by atoms with Gasteiger partial charge in [-0.3, -0.25) is 0 Å². The van der Waals surface area contributed by atoms with Gasteiger partial charge in [0.05, 0.1) is 33.0 Å². The summed E-state index contributed by atoms with van der Waals surface area (Å²) in [6.07, 6.45) is 0. The van der Waals surface area contributed by atoms with E-state index in [4.69, 9.17) is 18.9 Å². The lowest BCUT2D eigenvalue weighted by atomic mass is 9.96. The first-order valence-corrected chi connectivity index (χ1v) is 8.69. The van der Waals surface area contributed by atoms with E-state index in [9.17, 15) is 9.90 Å². The van der Waals surface area contributed by atoms with Crippen LogP contribution in [-0.2, 0) is 11.3 Å². The molecule has 144 valence electrons. The van der Waals surface area contributed by atoms with E-state index in [1.807, 2.05) is 38.1 Å². The Hall–Kier alpha value is -2.73. The molecule has 1 aliphatic heterocycles. The van der Waals surface area contributed by atoms with Crippen molar-refractivity contribution in [3.05, 3.63) is 41.5 Å². The predicted molar refractivity (Wildman–Crippen MR) is 100 cm³/mol. The lowest BCUT2D eigenvalue weighted by Gasteiger charge is -2.24. The number of fused-ring (bicyclic) bond motifs is 1. The van der Waals surface area contributed by atoms with E-state index in [0.29, 0.717) is 29.4 Å². The average Bonchev–Trinajstić information content (AvgIpc) is 3.05. The Morgan fingerprint density at radius 2 is 1.81 bits per heavy atom. The van der Waals surface area contributed by atoms with Gasteiger partial charge in [-0.1, -0.05) is 19.9 Å². The maximum atomic E-state index is 11.7. The van der Waals surface area contributed by atoms with Crippen molar-refractivity contribution < 1.29 is 28.8 Å². The normalized spacial score (nSPS) is 13.1. The van der Waals surface area contributed by atoms with Crippen LogP contribution in [0, 0.1) is 5.41 Å². The molecule has 6 heteroatoms. The number of carbonyl (C=O) groups excluding carboxylic acids is 1. The Balaban J connectivity index is 2.08. The topological polar surface area (TPSA) is 74.2 Å². The first kappa shape index (κ1) is 19.0. The molecule has 0 aromatic heterocycles. The number of hydrogen-bond donors (Lipinski definition) is 1. The highest BCUT2D eigenvalue weighted by molar-refractivity contribution is 5.94. The molecular weight excluding hydrogens is 348 g/mol. The van der Waals surface area contributed by atoms with Gasteiger partial charge < -0.3 is 24.1 Å². The molecule has 0 radical (unpaired) electrons. The summed E-state index contributed by atoms with van der Waals surface area (Å²) < 4.78 is 22.1. The molecule has 0 atom stereocenters. The van der Waals surface area contributed by atoms with Crippen molar-refractivity contribution in [2.24, 2.45) is 5.41 Å². The van der Waals surface area contributed by atoms with Gasteiger partial charge in [-0.2, -0.15) is 0 Å². The molecule has 3 rings (SSSR count). The number of aliphatic hydroxyl groups is 1. The van der Waals surface area contributed by atoms with E-state index in [-0.39, 0.29) is 19.2 Å². The largest absolute Gasteiger partial charge is 0.493 e. The third-order valence-electron chi connectivity index (χ3n) is 4.53. The minimum absolute atomic E-state index is 0.00703. The van der Waals surface area contributed by atoms with Crippen LogP contribution >= 0.6 is 0 Å². The fourth-order valence-electron chi connectivity index (χ4n) is 2.88. The number of benzene rings is 2. The third kappa shape index (κ3) is 3.71. The molecular formula is C21H24O6. The molecule has 0 spiro atoms. The van der Waals surface area contributed by atoms with Crippen molar-refractivity contribution in [2.75, 3.05) is 27.4 Å². The number of ether oxygens (including phenoxy) is 4. The highest BCUT2D eigenvalue weighted by Gasteiger charge is 2.25. The van der Waals surface area contributed by atoms with Crippen LogP contribution in [0.4, 0.5) is 0 Å². The molecule has 1 heterocycles. The Bertz CT molecular complexity index is 856. The van der Waals surface area contributed by atoms with Crippen molar-refractivity contribution in [1.29, 1.82) is 0 Å². The minimum atomic E-state index is -0.413. The maximum absolute atomic E-state index is 11.7. The minimum Gasteiger partial charge on any atom is -0.493 e. The smallest absolute Gasteiger partial charge is 0.338 e. The number of hydrogen-bond acceptors (Lipinski definition) is 6. The fourth-order valence-corrected chi connectivity index (χ4v) is 2.88. The van der Waals surface area contributed by atoms with Crippen molar-refractivity contribution in [3.8, 4) is 28.4 Å². The van der Waals surface area contributed by atoms with Gasteiger partial charge in [0.15, 0.2) is 11.5 Å². The fraction of sp³-hybridized carbons (Fsp3) is 0.381. The van der Waals surface area contributed by atoms with Crippen LogP contribution in [-0.4, -0.2) is 38.5 Å². The van der Waals surface area contributed by atoms with Crippen molar-refractivity contribution in [3.63, 3.8) is 0 Å². The third-order valence-corrected chi connectivity index (χ3v) is 4.53. The van der Waals surface area contributed by atoms with Crippen LogP contribution in [0.2, 0.25) is 0 Å². The highest BCUT2D eigenvalue weighted by Crippen LogP contribution is 2.45. The summed E-state index contributed by atoms with van der Waals surface area (Å²) in [6.45, 7) is 4.39. The van der Waals surface area contributed by atoms with Gasteiger partial charge in [0.2, 0.25) is 5.75 Å². The Kier molecular flexibility index (Phi) is 5.28. The quantitative estimate of drug-likeness (QED) is 0.751. The Labute approximate surface area is 158 Å². The molecule has 0 saturated carbocycles. The number of rotatable bonds is 7. The summed E-state index contributed by atoms with van der Waals surface area (Å²) in [5.74, 6) is 1.27. The number of cyclic esters (lactones) is 1. The molecule has 6 nitrogen and oxygen atoms in total. The van der Waals surface area contributed by atoms with Gasteiger partial charge in [-0.05, 0) is 29.8 Å². The molecule has 0 unspecified atom stereocenters. The molecule has 1 N–H and O–H groups in total. The standard InChI is InChI=1S/C21H24O6/c1-21(2,11-22)12-27-18-15(7-8-17(24-3)19(18)25-4)13-5-6-16-14(9-13)10-26-20(16)23/h5-9,22H,10-12H2,1-4H3. The molecule has 1 aliphatic rings. The van der Waals surface area contributed by atoms with Gasteiger partial charge >= 0.3 is 5.97 Å². The van der Waals surface area contributed by atoms with E-state index in [1.54, 1.807) is 20.3 Å².